The molecule has 2 nitrogen and oxygen atoms in total. The molecule has 0 aliphatic carbocycles. The molecule has 2 unspecified atom stereocenters. The van der Waals surface area contributed by atoms with E-state index in [0.29, 0.717) is 12.2 Å². The van der Waals surface area contributed by atoms with E-state index in [4.69, 9.17) is 4.74 Å². The Balaban J connectivity index is 1.89. The minimum atomic E-state index is 0.386. The molecule has 1 saturated heterocycles. The van der Waals surface area contributed by atoms with E-state index >= 15 is 0 Å². The highest BCUT2D eigenvalue weighted by atomic mass is 79.9. The molecule has 0 bridgehead atoms. The lowest BCUT2D eigenvalue weighted by Gasteiger charge is -2.36. The third-order valence-corrected chi connectivity index (χ3v) is 5.12. The Labute approximate surface area is 141 Å². The highest BCUT2D eigenvalue weighted by molar-refractivity contribution is 9.09. The number of ether oxygens (including phenoxy) is 1. The van der Waals surface area contributed by atoms with Gasteiger partial charge in [0, 0.05) is 18.4 Å². The van der Waals surface area contributed by atoms with Crippen molar-refractivity contribution in [3.8, 4) is 0 Å². The first-order chi connectivity index (χ1) is 10.3. The predicted octanol–water partition coefficient (Wildman–Crippen LogP) is 5.39. The number of halogens is 1. The molecule has 0 aromatic heterocycles. The summed E-state index contributed by atoms with van der Waals surface area (Å²) in [5, 5.41) is 0.964. The fourth-order valence-electron chi connectivity index (χ4n) is 3.23. The summed E-state index contributed by atoms with van der Waals surface area (Å²) in [6, 6.07) is 0. The molecular weight excluding hydrogens is 326 g/mol. The number of rotatable bonds is 12. The monoisotopic (exact) mass is 361 g/mol. The van der Waals surface area contributed by atoms with Gasteiger partial charge in [-0.15, -0.1) is 0 Å². The Morgan fingerprint density at radius 2 is 1.48 bits per heavy atom. The van der Waals surface area contributed by atoms with E-state index in [9.17, 15) is 0 Å². The first kappa shape index (κ1) is 19.4. The summed E-state index contributed by atoms with van der Waals surface area (Å²) in [7, 11) is 0. The van der Waals surface area contributed by atoms with Crippen LogP contribution >= 0.6 is 15.9 Å². The van der Waals surface area contributed by atoms with Crippen molar-refractivity contribution in [2.24, 2.45) is 0 Å². The van der Waals surface area contributed by atoms with E-state index < -0.39 is 0 Å². The Kier molecular flexibility index (Phi) is 11.9. The third kappa shape index (κ3) is 9.91. The zero-order valence-electron chi connectivity index (χ0n) is 14.3. The van der Waals surface area contributed by atoms with E-state index in [-0.39, 0.29) is 0 Å². The van der Waals surface area contributed by atoms with Gasteiger partial charge in [-0.25, -0.2) is 0 Å². The van der Waals surface area contributed by atoms with E-state index in [0.717, 1.165) is 18.4 Å². The zero-order chi connectivity index (χ0) is 15.3. The van der Waals surface area contributed by atoms with Gasteiger partial charge in [0.1, 0.15) is 0 Å². The van der Waals surface area contributed by atoms with E-state index in [2.05, 4.69) is 34.7 Å². The quantitative estimate of drug-likeness (QED) is 0.341. The fraction of sp³-hybridized carbons (Fsp3) is 1.00. The van der Waals surface area contributed by atoms with Gasteiger partial charge >= 0.3 is 0 Å². The minimum absolute atomic E-state index is 0.386. The lowest BCUT2D eigenvalue weighted by molar-refractivity contribution is -0.0654. The maximum atomic E-state index is 5.88. The number of hydrogen-bond acceptors (Lipinski definition) is 2. The molecule has 0 saturated carbocycles. The molecule has 0 amide bonds. The van der Waals surface area contributed by atoms with Crippen LogP contribution in [-0.2, 0) is 4.74 Å². The molecule has 126 valence electrons. The van der Waals surface area contributed by atoms with Crippen molar-refractivity contribution in [2.45, 2.75) is 90.3 Å². The van der Waals surface area contributed by atoms with Gasteiger partial charge in [0.2, 0.25) is 0 Å². The largest absolute Gasteiger partial charge is 0.372 e. The van der Waals surface area contributed by atoms with E-state index in [1.807, 2.05) is 0 Å². The minimum Gasteiger partial charge on any atom is -0.372 e. The van der Waals surface area contributed by atoms with Crippen molar-refractivity contribution in [1.29, 1.82) is 0 Å². The summed E-state index contributed by atoms with van der Waals surface area (Å²) in [5.74, 6) is 0. The van der Waals surface area contributed by atoms with E-state index in [1.54, 1.807) is 0 Å². The van der Waals surface area contributed by atoms with Crippen molar-refractivity contribution < 1.29 is 4.74 Å². The molecule has 1 heterocycles. The number of alkyl halides is 1. The topological polar surface area (TPSA) is 12.5 Å². The molecule has 1 aliphatic heterocycles. The number of unbranched alkanes of at least 4 members (excludes halogenated alkanes) is 9. The average Bonchev–Trinajstić information content (AvgIpc) is 2.48. The molecule has 1 rings (SSSR count). The SMILES string of the molecule is CCCCCCCCCCCCN1CC(C)OC(CBr)C1. The second-order valence-electron chi connectivity index (χ2n) is 6.66. The normalized spacial score (nSPS) is 23.6. The first-order valence-corrected chi connectivity index (χ1v) is 10.3. The fourth-order valence-corrected chi connectivity index (χ4v) is 3.59. The molecule has 0 radical (unpaired) electrons. The molecule has 21 heavy (non-hydrogen) atoms. The van der Waals surface area contributed by atoms with Gasteiger partial charge in [0.05, 0.1) is 12.2 Å². The van der Waals surface area contributed by atoms with Gasteiger partial charge in [-0.1, -0.05) is 80.6 Å². The summed E-state index contributed by atoms with van der Waals surface area (Å²) < 4.78 is 5.88. The smallest absolute Gasteiger partial charge is 0.0802 e. The third-order valence-electron chi connectivity index (χ3n) is 4.40. The van der Waals surface area contributed by atoms with Crippen LogP contribution in [0.5, 0.6) is 0 Å². The Hall–Kier alpha value is 0.400. The molecule has 0 N–H and O–H groups in total. The van der Waals surface area contributed by atoms with Gasteiger partial charge in [0.15, 0.2) is 0 Å². The Morgan fingerprint density at radius 3 is 2.05 bits per heavy atom. The van der Waals surface area contributed by atoms with Crippen molar-refractivity contribution in [1.82, 2.24) is 4.90 Å². The van der Waals surface area contributed by atoms with Crippen LogP contribution in [0.4, 0.5) is 0 Å². The number of hydrogen-bond donors (Lipinski definition) is 0. The summed E-state index contributed by atoms with van der Waals surface area (Å²) >= 11 is 3.55. The van der Waals surface area contributed by atoms with Crippen LogP contribution in [0.2, 0.25) is 0 Å². The summed E-state index contributed by atoms with van der Waals surface area (Å²) in [4.78, 5) is 2.59. The molecule has 3 heteroatoms. The summed E-state index contributed by atoms with van der Waals surface area (Å²) in [6.45, 7) is 7.96. The van der Waals surface area contributed by atoms with E-state index in [1.165, 1.54) is 70.8 Å². The van der Waals surface area contributed by atoms with Gasteiger partial charge in [-0.2, -0.15) is 0 Å². The first-order valence-electron chi connectivity index (χ1n) is 9.20. The van der Waals surface area contributed by atoms with Crippen LogP contribution in [-0.4, -0.2) is 42.1 Å². The highest BCUT2D eigenvalue weighted by Gasteiger charge is 2.23. The number of nitrogens with zero attached hydrogens (tertiary/aromatic N) is 1. The lowest BCUT2D eigenvalue weighted by atomic mass is 10.1. The second-order valence-corrected chi connectivity index (χ2v) is 7.31. The summed E-state index contributed by atoms with van der Waals surface area (Å²) in [6.07, 6.45) is 15.0. The molecule has 2 atom stereocenters. The average molecular weight is 362 g/mol. The molecular formula is C18H36BrNO. The maximum absolute atomic E-state index is 5.88. The Morgan fingerprint density at radius 1 is 0.905 bits per heavy atom. The van der Waals surface area contributed by atoms with Gasteiger partial charge in [-0.3, -0.25) is 4.90 Å². The zero-order valence-corrected chi connectivity index (χ0v) is 15.9. The van der Waals surface area contributed by atoms with Gasteiger partial charge < -0.3 is 4.74 Å². The van der Waals surface area contributed by atoms with Gasteiger partial charge in [0.25, 0.3) is 0 Å². The van der Waals surface area contributed by atoms with Crippen LogP contribution in [0.25, 0.3) is 0 Å². The van der Waals surface area contributed by atoms with Crippen molar-refractivity contribution in [2.75, 3.05) is 25.0 Å². The van der Waals surface area contributed by atoms with Crippen molar-refractivity contribution in [3.63, 3.8) is 0 Å². The standard InChI is InChI=1S/C18H36BrNO/c1-3-4-5-6-7-8-9-10-11-12-13-20-15-17(2)21-18(14-19)16-20/h17-18H,3-16H2,1-2H3. The lowest BCUT2D eigenvalue weighted by Crippen LogP contribution is -2.47. The van der Waals surface area contributed by atoms with Crippen LogP contribution in [0.1, 0.15) is 78.1 Å². The van der Waals surface area contributed by atoms with Crippen LogP contribution < -0.4 is 0 Å². The molecule has 1 aliphatic rings. The highest BCUT2D eigenvalue weighted by Crippen LogP contribution is 2.15. The predicted molar refractivity (Wildman–Crippen MR) is 96.4 cm³/mol. The Bertz CT molecular complexity index is 237. The molecule has 0 aromatic carbocycles. The molecule has 0 spiro atoms. The van der Waals surface area contributed by atoms with Gasteiger partial charge in [-0.05, 0) is 19.9 Å². The van der Waals surface area contributed by atoms with Crippen LogP contribution in [0.3, 0.4) is 0 Å². The van der Waals surface area contributed by atoms with Crippen molar-refractivity contribution >= 4 is 15.9 Å². The maximum Gasteiger partial charge on any atom is 0.0802 e. The second kappa shape index (κ2) is 12.9. The van der Waals surface area contributed by atoms with Crippen LogP contribution in [0, 0.1) is 0 Å². The van der Waals surface area contributed by atoms with Crippen LogP contribution in [0.15, 0.2) is 0 Å². The van der Waals surface area contributed by atoms with Crippen molar-refractivity contribution in [3.05, 3.63) is 0 Å². The number of morpholine rings is 1. The molecule has 1 fully saturated rings. The molecule has 0 aromatic rings. The summed E-state index contributed by atoms with van der Waals surface area (Å²) in [5.41, 5.74) is 0.